The third-order valence-corrected chi connectivity index (χ3v) is 1.89. The Bertz CT molecular complexity index is 366. The maximum Gasteiger partial charge on any atom is 0.132 e. The highest BCUT2D eigenvalue weighted by Crippen LogP contribution is 2.01. The van der Waals surface area contributed by atoms with Gasteiger partial charge in [-0.3, -0.25) is 0 Å². The Morgan fingerprint density at radius 1 is 1.12 bits per heavy atom. The minimum absolute atomic E-state index is 0.361. The van der Waals surface area contributed by atoms with E-state index in [-0.39, 0.29) is 0 Å². The summed E-state index contributed by atoms with van der Waals surface area (Å²) in [5, 5.41) is 16.6. The first kappa shape index (κ1) is 13.2. The van der Waals surface area contributed by atoms with Crippen molar-refractivity contribution in [3.8, 4) is 12.1 Å². The number of nitriles is 2. The van der Waals surface area contributed by atoms with Crippen LogP contribution in [0.1, 0.15) is 24.4 Å². The Hall–Kier alpha value is -1.89. The van der Waals surface area contributed by atoms with E-state index < -0.39 is 0 Å². The van der Waals surface area contributed by atoms with E-state index in [2.05, 4.69) is 9.97 Å². The van der Waals surface area contributed by atoms with Crippen molar-refractivity contribution in [3.05, 3.63) is 17.7 Å². The molecule has 0 unspecified atom stereocenters. The largest absolute Gasteiger partial charge is 0.374 e. The zero-order chi connectivity index (χ0) is 12.3. The summed E-state index contributed by atoms with van der Waals surface area (Å²) in [4.78, 5) is 7.19. The standard InChI is InChI=1S/C11H14N4O2/c12-3-1-5-16-8-10-7-14-11(15-10)9-17-6-2-4-13/h7H,1-2,5-6,8-9H2,(H,14,15). The van der Waals surface area contributed by atoms with Gasteiger partial charge in [0.15, 0.2) is 0 Å². The van der Waals surface area contributed by atoms with Crippen LogP contribution in [0.3, 0.4) is 0 Å². The highest BCUT2D eigenvalue weighted by atomic mass is 16.5. The SMILES string of the molecule is N#CCCOCc1c[nH]c(COCCC#N)n1. The van der Waals surface area contributed by atoms with E-state index in [0.29, 0.717) is 45.1 Å². The second kappa shape index (κ2) is 8.28. The van der Waals surface area contributed by atoms with Gasteiger partial charge >= 0.3 is 0 Å². The van der Waals surface area contributed by atoms with Crippen molar-refractivity contribution in [3.63, 3.8) is 0 Å². The van der Waals surface area contributed by atoms with E-state index in [9.17, 15) is 0 Å². The van der Waals surface area contributed by atoms with E-state index in [0.717, 1.165) is 5.69 Å². The smallest absolute Gasteiger partial charge is 0.132 e. The van der Waals surface area contributed by atoms with Gasteiger partial charge < -0.3 is 14.5 Å². The number of hydrogen-bond donors (Lipinski definition) is 1. The molecule has 0 spiro atoms. The summed E-state index contributed by atoms with van der Waals surface area (Å²) in [6.07, 6.45) is 2.51. The van der Waals surface area contributed by atoms with Crippen molar-refractivity contribution in [1.29, 1.82) is 10.5 Å². The molecule has 0 radical (unpaired) electrons. The Balaban J connectivity index is 2.19. The predicted octanol–water partition coefficient (Wildman–Crippen LogP) is 1.27. The van der Waals surface area contributed by atoms with Crippen LogP contribution in [0.4, 0.5) is 0 Å². The lowest BCUT2D eigenvalue weighted by Gasteiger charge is -1.98. The van der Waals surface area contributed by atoms with Gasteiger partial charge in [-0.1, -0.05) is 0 Å². The van der Waals surface area contributed by atoms with E-state index in [1.807, 2.05) is 12.1 Å². The molecule has 0 aromatic carbocycles. The third-order valence-electron chi connectivity index (χ3n) is 1.89. The quantitative estimate of drug-likeness (QED) is 0.683. The molecule has 1 aromatic heterocycles. The van der Waals surface area contributed by atoms with Gasteiger partial charge in [-0.2, -0.15) is 10.5 Å². The first-order chi connectivity index (χ1) is 8.36. The number of ether oxygens (including phenoxy) is 2. The summed E-state index contributed by atoms with van der Waals surface area (Å²) in [5.74, 6) is 0.710. The third kappa shape index (κ3) is 5.67. The molecule has 1 N–H and O–H groups in total. The second-order valence-corrected chi connectivity index (χ2v) is 3.26. The summed E-state index contributed by atoms with van der Waals surface area (Å²) in [5.41, 5.74) is 0.779. The summed E-state index contributed by atoms with van der Waals surface area (Å²) in [6.45, 7) is 1.57. The molecule has 0 fully saturated rings. The van der Waals surface area contributed by atoms with Gasteiger partial charge in [-0.05, 0) is 0 Å². The monoisotopic (exact) mass is 234 g/mol. The van der Waals surface area contributed by atoms with Gasteiger partial charge in [0.25, 0.3) is 0 Å². The minimum Gasteiger partial charge on any atom is -0.374 e. The Morgan fingerprint density at radius 3 is 2.41 bits per heavy atom. The van der Waals surface area contributed by atoms with Gasteiger partial charge in [0, 0.05) is 6.20 Å². The lowest BCUT2D eigenvalue weighted by Crippen LogP contribution is -1.98. The van der Waals surface area contributed by atoms with E-state index in [4.69, 9.17) is 20.0 Å². The van der Waals surface area contributed by atoms with Gasteiger partial charge in [-0.15, -0.1) is 0 Å². The average molecular weight is 234 g/mol. The number of nitrogens with zero attached hydrogens (tertiary/aromatic N) is 3. The summed E-state index contributed by atoms with van der Waals surface area (Å²) in [6, 6.07) is 4.00. The fourth-order valence-electron chi connectivity index (χ4n) is 1.13. The van der Waals surface area contributed by atoms with Crippen LogP contribution in [-0.2, 0) is 22.7 Å². The second-order valence-electron chi connectivity index (χ2n) is 3.26. The molecular weight excluding hydrogens is 220 g/mol. The first-order valence-corrected chi connectivity index (χ1v) is 5.29. The van der Waals surface area contributed by atoms with Crippen molar-refractivity contribution in [2.24, 2.45) is 0 Å². The number of aromatic nitrogens is 2. The highest BCUT2D eigenvalue weighted by molar-refractivity contribution is 4.99. The summed E-state index contributed by atoms with van der Waals surface area (Å²) >= 11 is 0. The van der Waals surface area contributed by atoms with Crippen molar-refractivity contribution in [1.82, 2.24) is 9.97 Å². The minimum atomic E-state index is 0.361. The molecule has 1 aromatic rings. The van der Waals surface area contributed by atoms with Crippen LogP contribution < -0.4 is 0 Å². The van der Waals surface area contributed by atoms with Crippen molar-refractivity contribution < 1.29 is 9.47 Å². The number of H-pyrrole nitrogens is 1. The Kier molecular flexibility index (Phi) is 6.42. The molecule has 0 saturated heterocycles. The number of rotatable bonds is 8. The molecule has 0 aliphatic carbocycles. The first-order valence-electron chi connectivity index (χ1n) is 5.29. The number of nitrogens with one attached hydrogen (secondary N) is 1. The molecule has 0 aliphatic heterocycles. The molecule has 90 valence electrons. The van der Waals surface area contributed by atoms with E-state index in [1.165, 1.54) is 0 Å². The molecule has 17 heavy (non-hydrogen) atoms. The molecule has 0 saturated carbocycles. The van der Waals surface area contributed by atoms with Crippen LogP contribution in [-0.4, -0.2) is 23.2 Å². The van der Waals surface area contributed by atoms with Gasteiger partial charge in [0.2, 0.25) is 0 Å². The van der Waals surface area contributed by atoms with Crippen LogP contribution in [0.15, 0.2) is 6.20 Å². The molecule has 1 rings (SSSR count). The zero-order valence-corrected chi connectivity index (χ0v) is 9.48. The number of imidazole rings is 1. The molecule has 0 atom stereocenters. The molecule has 0 bridgehead atoms. The molecule has 0 amide bonds. The topological polar surface area (TPSA) is 94.7 Å². The summed E-state index contributed by atoms with van der Waals surface area (Å²) in [7, 11) is 0. The lowest BCUT2D eigenvalue weighted by molar-refractivity contribution is 0.117. The van der Waals surface area contributed by atoms with Gasteiger partial charge in [-0.25, -0.2) is 4.98 Å². The lowest BCUT2D eigenvalue weighted by atomic mass is 10.5. The number of aromatic amines is 1. The van der Waals surface area contributed by atoms with E-state index in [1.54, 1.807) is 6.20 Å². The van der Waals surface area contributed by atoms with E-state index >= 15 is 0 Å². The average Bonchev–Trinajstić information content (AvgIpc) is 2.78. The summed E-state index contributed by atoms with van der Waals surface area (Å²) < 4.78 is 10.4. The van der Waals surface area contributed by atoms with Crippen LogP contribution >= 0.6 is 0 Å². The van der Waals surface area contributed by atoms with Crippen molar-refractivity contribution in [2.75, 3.05) is 13.2 Å². The maximum absolute atomic E-state index is 8.32. The van der Waals surface area contributed by atoms with Crippen LogP contribution in [0.2, 0.25) is 0 Å². The molecule has 1 heterocycles. The maximum atomic E-state index is 8.32. The molecule has 6 heteroatoms. The predicted molar refractivity (Wildman–Crippen MR) is 58.4 cm³/mol. The molecule has 0 aliphatic rings. The molecule has 6 nitrogen and oxygen atoms in total. The van der Waals surface area contributed by atoms with Crippen molar-refractivity contribution in [2.45, 2.75) is 26.1 Å². The molecular formula is C11H14N4O2. The normalized spacial score (nSPS) is 9.76. The highest BCUT2D eigenvalue weighted by Gasteiger charge is 2.01. The number of hydrogen-bond acceptors (Lipinski definition) is 5. The fraction of sp³-hybridized carbons (Fsp3) is 0.545. The van der Waals surface area contributed by atoms with Gasteiger partial charge in [0.1, 0.15) is 12.4 Å². The zero-order valence-electron chi connectivity index (χ0n) is 9.48. The fourth-order valence-corrected chi connectivity index (χ4v) is 1.13. The van der Waals surface area contributed by atoms with Gasteiger partial charge in [0.05, 0.1) is 50.5 Å². The van der Waals surface area contributed by atoms with Crippen LogP contribution in [0, 0.1) is 22.7 Å². The van der Waals surface area contributed by atoms with Crippen molar-refractivity contribution >= 4 is 0 Å². The Morgan fingerprint density at radius 2 is 1.76 bits per heavy atom. The van der Waals surface area contributed by atoms with Crippen LogP contribution in [0.5, 0.6) is 0 Å². The Labute approximate surface area is 99.8 Å². The van der Waals surface area contributed by atoms with Crippen LogP contribution in [0.25, 0.3) is 0 Å².